The molecule has 0 saturated heterocycles. The van der Waals surface area contributed by atoms with Gasteiger partial charge in [-0.25, -0.2) is 8.42 Å². The zero-order valence-corrected chi connectivity index (χ0v) is 13.6. The lowest BCUT2D eigenvalue weighted by atomic mass is 10.2. The first kappa shape index (κ1) is 16.3. The summed E-state index contributed by atoms with van der Waals surface area (Å²) in [5.74, 6) is -0.377. The Labute approximate surface area is 134 Å². The van der Waals surface area contributed by atoms with Crippen molar-refractivity contribution in [2.75, 3.05) is 18.4 Å². The Morgan fingerprint density at radius 1 is 1.14 bits per heavy atom. The first-order chi connectivity index (χ1) is 10.4. The summed E-state index contributed by atoms with van der Waals surface area (Å²) in [5.41, 5.74) is 0.573. The van der Waals surface area contributed by atoms with Gasteiger partial charge in [-0.2, -0.15) is 0 Å². The van der Waals surface area contributed by atoms with E-state index in [1.165, 1.54) is 38.4 Å². The Balaban J connectivity index is 2.46. The van der Waals surface area contributed by atoms with Crippen LogP contribution in [-0.4, -0.2) is 28.4 Å². The molecule has 1 N–H and O–H groups in total. The molecule has 2 rings (SSSR count). The lowest BCUT2D eigenvalue weighted by Crippen LogP contribution is -2.27. The molecule has 0 aromatic heterocycles. The van der Waals surface area contributed by atoms with Crippen molar-refractivity contribution in [1.29, 1.82) is 0 Å². The van der Waals surface area contributed by atoms with E-state index in [9.17, 15) is 13.2 Å². The predicted octanol–water partition coefficient (Wildman–Crippen LogP) is 2.52. The van der Waals surface area contributed by atoms with Crippen molar-refractivity contribution in [1.82, 2.24) is 5.32 Å². The van der Waals surface area contributed by atoms with E-state index in [1.54, 1.807) is 24.3 Å². The van der Waals surface area contributed by atoms with Gasteiger partial charge in [0.05, 0.1) is 21.2 Å². The largest absolute Gasteiger partial charge is 0.355 e. The number of hydrogen-bond acceptors (Lipinski definition) is 3. The van der Waals surface area contributed by atoms with Crippen LogP contribution in [0.3, 0.4) is 0 Å². The van der Waals surface area contributed by atoms with Gasteiger partial charge in [0.1, 0.15) is 0 Å². The summed E-state index contributed by atoms with van der Waals surface area (Å²) in [7, 11) is -0.784. The highest BCUT2D eigenvalue weighted by Gasteiger charge is 2.22. The van der Waals surface area contributed by atoms with Gasteiger partial charge >= 0.3 is 0 Å². The van der Waals surface area contributed by atoms with E-state index in [4.69, 9.17) is 11.6 Å². The normalized spacial score (nSPS) is 11.0. The van der Waals surface area contributed by atoms with Gasteiger partial charge in [-0.3, -0.25) is 9.10 Å². The minimum absolute atomic E-state index is 0.175. The van der Waals surface area contributed by atoms with E-state index in [2.05, 4.69) is 5.32 Å². The molecular weight excluding hydrogens is 324 g/mol. The molecule has 0 aliphatic rings. The van der Waals surface area contributed by atoms with E-state index in [0.29, 0.717) is 5.69 Å². The first-order valence-corrected chi connectivity index (χ1v) is 8.25. The zero-order valence-electron chi connectivity index (χ0n) is 12.1. The van der Waals surface area contributed by atoms with Gasteiger partial charge in [0.2, 0.25) is 0 Å². The van der Waals surface area contributed by atoms with Gasteiger partial charge in [0.15, 0.2) is 0 Å². The number of rotatable bonds is 4. The fourth-order valence-corrected chi connectivity index (χ4v) is 3.32. The number of nitrogens with zero attached hydrogens (tertiary/aromatic N) is 1. The maximum absolute atomic E-state index is 12.6. The maximum atomic E-state index is 12.6. The summed E-state index contributed by atoms with van der Waals surface area (Å²) in [4.78, 5) is 11.9. The molecule has 0 aliphatic carbocycles. The van der Waals surface area contributed by atoms with Crippen LogP contribution in [0.4, 0.5) is 5.69 Å². The zero-order chi connectivity index (χ0) is 16.3. The number of sulfonamides is 1. The van der Waals surface area contributed by atoms with Crippen molar-refractivity contribution >= 4 is 33.2 Å². The van der Waals surface area contributed by atoms with E-state index in [-0.39, 0.29) is 21.4 Å². The molecule has 0 heterocycles. The third-order valence-electron chi connectivity index (χ3n) is 3.19. The third-order valence-corrected chi connectivity index (χ3v) is 5.32. The average molecular weight is 339 g/mol. The summed E-state index contributed by atoms with van der Waals surface area (Å²) < 4.78 is 26.2. The van der Waals surface area contributed by atoms with Crippen molar-refractivity contribution in [3.8, 4) is 0 Å². The summed E-state index contributed by atoms with van der Waals surface area (Å²) >= 11 is 5.98. The van der Waals surface area contributed by atoms with Crippen LogP contribution in [0.15, 0.2) is 53.4 Å². The Hall–Kier alpha value is -2.05. The number of amides is 1. The Kier molecular flexibility index (Phi) is 4.73. The second-order valence-electron chi connectivity index (χ2n) is 4.53. The van der Waals surface area contributed by atoms with E-state index in [0.717, 1.165) is 4.31 Å². The highest BCUT2D eigenvalue weighted by Crippen LogP contribution is 2.26. The monoisotopic (exact) mass is 338 g/mol. The Bertz CT molecular complexity index is 792. The Morgan fingerprint density at radius 2 is 1.77 bits per heavy atom. The molecule has 2 aromatic carbocycles. The summed E-state index contributed by atoms with van der Waals surface area (Å²) in [6.45, 7) is 0. The van der Waals surface area contributed by atoms with Crippen LogP contribution in [0, 0.1) is 0 Å². The number of carbonyl (C=O) groups excluding carboxylic acids is 1. The minimum Gasteiger partial charge on any atom is -0.355 e. The van der Waals surface area contributed by atoms with Crippen molar-refractivity contribution < 1.29 is 13.2 Å². The highest BCUT2D eigenvalue weighted by atomic mass is 35.5. The summed E-state index contributed by atoms with van der Waals surface area (Å²) in [6.07, 6.45) is 0. The van der Waals surface area contributed by atoms with E-state index >= 15 is 0 Å². The van der Waals surface area contributed by atoms with Gasteiger partial charge in [0, 0.05) is 14.1 Å². The van der Waals surface area contributed by atoms with Crippen LogP contribution >= 0.6 is 11.6 Å². The first-order valence-electron chi connectivity index (χ1n) is 6.43. The summed E-state index contributed by atoms with van der Waals surface area (Å²) in [6, 6.07) is 12.6. The molecule has 1 amide bonds. The molecule has 2 aromatic rings. The number of nitrogens with one attached hydrogen (secondary N) is 1. The highest BCUT2D eigenvalue weighted by molar-refractivity contribution is 7.92. The van der Waals surface area contributed by atoms with Crippen molar-refractivity contribution in [3.63, 3.8) is 0 Å². The van der Waals surface area contributed by atoms with E-state index in [1.807, 2.05) is 0 Å². The van der Waals surface area contributed by atoms with Gasteiger partial charge in [-0.15, -0.1) is 0 Å². The van der Waals surface area contributed by atoms with Crippen LogP contribution in [0.2, 0.25) is 5.02 Å². The number of hydrogen-bond donors (Lipinski definition) is 1. The molecule has 0 unspecified atom stereocenters. The minimum atomic E-state index is -3.70. The molecule has 0 saturated carbocycles. The van der Waals surface area contributed by atoms with Gasteiger partial charge in [-0.05, 0) is 30.3 Å². The molecule has 0 bridgehead atoms. The molecule has 0 fully saturated rings. The molecule has 0 radical (unpaired) electrons. The standard InChI is InChI=1S/C15H15ClN2O3S/c1-17-15(19)13-10-11(8-9-14(13)16)18(2)22(20,21)12-6-4-3-5-7-12/h3-10H,1-2H3,(H,17,19). The number of halogens is 1. The molecule has 22 heavy (non-hydrogen) atoms. The van der Waals surface area contributed by atoms with Crippen molar-refractivity contribution in [2.45, 2.75) is 4.90 Å². The van der Waals surface area contributed by atoms with Crippen molar-refractivity contribution in [3.05, 3.63) is 59.1 Å². The topological polar surface area (TPSA) is 66.5 Å². The van der Waals surface area contributed by atoms with Crippen LogP contribution < -0.4 is 9.62 Å². The number of benzene rings is 2. The van der Waals surface area contributed by atoms with Crippen molar-refractivity contribution in [2.24, 2.45) is 0 Å². The smallest absolute Gasteiger partial charge is 0.264 e. The van der Waals surface area contributed by atoms with Crippen LogP contribution in [0.5, 0.6) is 0 Å². The third kappa shape index (κ3) is 3.08. The van der Waals surface area contributed by atoms with Gasteiger partial charge < -0.3 is 5.32 Å². The number of carbonyl (C=O) groups is 1. The maximum Gasteiger partial charge on any atom is 0.264 e. The lowest BCUT2D eigenvalue weighted by Gasteiger charge is -2.20. The molecular formula is C15H15ClN2O3S. The number of anilines is 1. The summed E-state index contributed by atoms with van der Waals surface area (Å²) in [5, 5.41) is 2.73. The fourth-order valence-electron chi connectivity index (χ4n) is 1.91. The van der Waals surface area contributed by atoms with E-state index < -0.39 is 10.0 Å². The molecule has 0 spiro atoms. The molecule has 5 nitrogen and oxygen atoms in total. The van der Waals surface area contributed by atoms with Crippen LogP contribution in [0.25, 0.3) is 0 Å². The lowest BCUT2D eigenvalue weighted by molar-refractivity contribution is 0.0963. The SMILES string of the molecule is CNC(=O)c1cc(N(C)S(=O)(=O)c2ccccc2)ccc1Cl. The predicted molar refractivity (Wildman–Crippen MR) is 86.9 cm³/mol. The fraction of sp³-hybridized carbons (Fsp3) is 0.133. The van der Waals surface area contributed by atoms with Gasteiger partial charge in [0.25, 0.3) is 15.9 Å². The quantitative estimate of drug-likeness (QED) is 0.931. The van der Waals surface area contributed by atoms with Gasteiger partial charge in [-0.1, -0.05) is 29.8 Å². The molecule has 116 valence electrons. The molecule has 7 heteroatoms. The Morgan fingerprint density at radius 3 is 2.36 bits per heavy atom. The van der Waals surface area contributed by atoms with Crippen LogP contribution in [0.1, 0.15) is 10.4 Å². The second kappa shape index (κ2) is 6.37. The molecule has 0 atom stereocenters. The second-order valence-corrected chi connectivity index (χ2v) is 6.91. The molecule has 0 aliphatic heterocycles. The average Bonchev–Trinajstić information content (AvgIpc) is 2.54. The van der Waals surface area contributed by atoms with Crippen LogP contribution in [-0.2, 0) is 10.0 Å².